The van der Waals surface area contributed by atoms with Gasteiger partial charge in [-0.3, -0.25) is 4.57 Å². The van der Waals surface area contributed by atoms with Gasteiger partial charge >= 0.3 is 5.97 Å². The van der Waals surface area contributed by atoms with Crippen molar-refractivity contribution < 1.29 is 19.4 Å². The van der Waals surface area contributed by atoms with E-state index in [2.05, 4.69) is 4.98 Å². The van der Waals surface area contributed by atoms with Crippen molar-refractivity contribution in [2.24, 2.45) is 0 Å². The second-order valence-electron chi connectivity index (χ2n) is 5.06. The van der Waals surface area contributed by atoms with E-state index >= 15 is 0 Å². The highest BCUT2D eigenvalue weighted by Gasteiger charge is 2.14. The number of benzene rings is 2. The molecular formula is C18H16N2O4. The molecule has 6 heteroatoms. The Labute approximate surface area is 138 Å². The van der Waals surface area contributed by atoms with Crippen LogP contribution in [0.1, 0.15) is 16.1 Å². The zero-order valence-corrected chi connectivity index (χ0v) is 13.0. The Morgan fingerprint density at radius 1 is 1.17 bits per heavy atom. The smallest absolute Gasteiger partial charge is 0.354 e. The van der Waals surface area contributed by atoms with Gasteiger partial charge in [-0.25, -0.2) is 9.78 Å². The molecule has 0 aliphatic heterocycles. The number of aromatic carboxylic acids is 1. The van der Waals surface area contributed by atoms with Gasteiger partial charge in [-0.15, -0.1) is 0 Å². The Morgan fingerprint density at radius 2 is 1.92 bits per heavy atom. The fraction of sp³-hybridized carbons (Fsp3) is 0.111. The van der Waals surface area contributed by atoms with E-state index < -0.39 is 5.97 Å². The van der Waals surface area contributed by atoms with Gasteiger partial charge in [-0.05, 0) is 29.8 Å². The van der Waals surface area contributed by atoms with E-state index in [0.29, 0.717) is 18.0 Å². The summed E-state index contributed by atoms with van der Waals surface area (Å²) in [7, 11) is 1.62. The predicted molar refractivity (Wildman–Crippen MR) is 87.8 cm³/mol. The quantitative estimate of drug-likeness (QED) is 0.754. The normalized spacial score (nSPS) is 10.4. The molecule has 0 bridgehead atoms. The minimum atomic E-state index is -1.04. The maximum absolute atomic E-state index is 11.3. The van der Waals surface area contributed by atoms with Crippen LogP contribution in [0.15, 0.2) is 61.1 Å². The third kappa shape index (κ3) is 3.22. The minimum Gasteiger partial charge on any atom is -0.497 e. The monoisotopic (exact) mass is 324 g/mol. The van der Waals surface area contributed by atoms with E-state index in [4.69, 9.17) is 9.47 Å². The average molecular weight is 324 g/mol. The number of methoxy groups -OCH3 is 1. The molecule has 122 valence electrons. The van der Waals surface area contributed by atoms with Crippen LogP contribution in [0.25, 0.3) is 5.69 Å². The van der Waals surface area contributed by atoms with Crippen LogP contribution in [0.4, 0.5) is 0 Å². The van der Waals surface area contributed by atoms with Crippen LogP contribution in [0.3, 0.4) is 0 Å². The zero-order chi connectivity index (χ0) is 16.9. The molecule has 0 radical (unpaired) electrons. The first kappa shape index (κ1) is 15.6. The van der Waals surface area contributed by atoms with Crippen molar-refractivity contribution in [1.29, 1.82) is 0 Å². The van der Waals surface area contributed by atoms with E-state index in [9.17, 15) is 9.90 Å². The number of imidazole rings is 1. The number of nitrogens with zero attached hydrogens (tertiary/aromatic N) is 2. The van der Waals surface area contributed by atoms with Crippen molar-refractivity contribution in [3.63, 3.8) is 0 Å². The minimum absolute atomic E-state index is 0.0792. The number of para-hydroxylation sites is 2. The lowest BCUT2D eigenvalue weighted by atomic mass is 10.2. The first-order chi connectivity index (χ1) is 11.7. The number of hydrogen-bond donors (Lipinski definition) is 1. The van der Waals surface area contributed by atoms with E-state index in [0.717, 1.165) is 11.3 Å². The van der Waals surface area contributed by atoms with Gasteiger partial charge in [0.05, 0.1) is 25.3 Å². The number of hydrogen-bond acceptors (Lipinski definition) is 4. The van der Waals surface area contributed by atoms with Gasteiger partial charge < -0.3 is 14.6 Å². The van der Waals surface area contributed by atoms with Crippen molar-refractivity contribution in [2.45, 2.75) is 6.61 Å². The van der Waals surface area contributed by atoms with Gasteiger partial charge in [0, 0.05) is 0 Å². The molecule has 0 aliphatic rings. The van der Waals surface area contributed by atoms with Gasteiger partial charge in [0.15, 0.2) is 5.69 Å². The summed E-state index contributed by atoms with van der Waals surface area (Å²) in [6.45, 7) is 0.359. The Kier molecular flexibility index (Phi) is 4.47. The number of carboxylic acid groups (broad SMARTS) is 1. The largest absolute Gasteiger partial charge is 0.497 e. The lowest BCUT2D eigenvalue weighted by molar-refractivity contribution is 0.0688. The van der Waals surface area contributed by atoms with E-state index in [1.807, 2.05) is 36.4 Å². The fourth-order valence-corrected chi connectivity index (χ4v) is 2.31. The Hall–Kier alpha value is -3.28. The summed E-state index contributed by atoms with van der Waals surface area (Å²) < 4.78 is 12.5. The molecular weight excluding hydrogens is 308 g/mol. The van der Waals surface area contributed by atoms with Crippen molar-refractivity contribution in [3.05, 3.63) is 72.3 Å². The fourth-order valence-electron chi connectivity index (χ4n) is 2.31. The van der Waals surface area contributed by atoms with E-state index in [-0.39, 0.29) is 5.69 Å². The van der Waals surface area contributed by atoms with Crippen molar-refractivity contribution in [3.8, 4) is 17.2 Å². The molecule has 0 saturated carbocycles. The zero-order valence-electron chi connectivity index (χ0n) is 13.0. The third-order valence-electron chi connectivity index (χ3n) is 3.54. The maximum Gasteiger partial charge on any atom is 0.354 e. The second-order valence-corrected chi connectivity index (χ2v) is 5.06. The lowest BCUT2D eigenvalue weighted by Gasteiger charge is -2.13. The summed E-state index contributed by atoms with van der Waals surface area (Å²) in [6, 6.07) is 14.8. The molecule has 0 amide bonds. The molecule has 1 heterocycles. The molecule has 0 fully saturated rings. The highest BCUT2D eigenvalue weighted by Crippen LogP contribution is 2.25. The molecule has 0 unspecified atom stereocenters. The molecule has 0 saturated heterocycles. The van der Waals surface area contributed by atoms with Gasteiger partial charge in [0.1, 0.15) is 18.1 Å². The summed E-state index contributed by atoms with van der Waals surface area (Å²) in [6.07, 6.45) is 2.77. The summed E-state index contributed by atoms with van der Waals surface area (Å²) in [5.74, 6) is 0.315. The molecule has 0 spiro atoms. The maximum atomic E-state index is 11.3. The van der Waals surface area contributed by atoms with Crippen LogP contribution in [0.2, 0.25) is 0 Å². The van der Waals surface area contributed by atoms with Gasteiger partial charge in [0.2, 0.25) is 0 Å². The SMILES string of the molecule is COc1ccc(COc2ccccc2-n2cncc2C(=O)O)cc1. The topological polar surface area (TPSA) is 73.6 Å². The van der Waals surface area contributed by atoms with Gasteiger partial charge in [-0.2, -0.15) is 0 Å². The molecule has 6 nitrogen and oxygen atoms in total. The standard InChI is InChI=1S/C18H16N2O4/c1-23-14-8-6-13(7-9-14)11-24-17-5-3-2-4-15(17)20-12-19-10-16(20)18(21)22/h2-10,12H,11H2,1H3,(H,21,22). The second kappa shape index (κ2) is 6.87. The van der Waals surface area contributed by atoms with Crippen LogP contribution < -0.4 is 9.47 Å². The Morgan fingerprint density at radius 3 is 2.62 bits per heavy atom. The van der Waals surface area contributed by atoms with E-state index in [1.165, 1.54) is 17.1 Å². The molecule has 1 aromatic heterocycles. The van der Waals surface area contributed by atoms with Crippen molar-refractivity contribution in [2.75, 3.05) is 7.11 Å². The predicted octanol–water partition coefficient (Wildman–Crippen LogP) is 3.16. The summed E-state index contributed by atoms with van der Waals surface area (Å²) >= 11 is 0. The number of carboxylic acids is 1. The van der Waals surface area contributed by atoms with Crippen LogP contribution in [0.5, 0.6) is 11.5 Å². The molecule has 3 aromatic rings. The van der Waals surface area contributed by atoms with Gasteiger partial charge in [0.25, 0.3) is 0 Å². The number of rotatable bonds is 6. The molecule has 0 atom stereocenters. The Bertz CT molecular complexity index is 840. The number of carbonyl (C=O) groups is 1. The highest BCUT2D eigenvalue weighted by molar-refractivity contribution is 5.86. The molecule has 1 N–H and O–H groups in total. The van der Waals surface area contributed by atoms with Crippen LogP contribution >= 0.6 is 0 Å². The highest BCUT2D eigenvalue weighted by atomic mass is 16.5. The summed E-state index contributed by atoms with van der Waals surface area (Å²) in [5.41, 5.74) is 1.69. The van der Waals surface area contributed by atoms with Crippen molar-refractivity contribution >= 4 is 5.97 Å². The first-order valence-electron chi connectivity index (χ1n) is 7.30. The first-order valence-corrected chi connectivity index (χ1v) is 7.30. The average Bonchev–Trinajstić information content (AvgIpc) is 3.10. The summed E-state index contributed by atoms with van der Waals surface area (Å²) in [4.78, 5) is 15.2. The van der Waals surface area contributed by atoms with Crippen molar-refractivity contribution in [1.82, 2.24) is 9.55 Å². The molecule has 2 aromatic carbocycles. The molecule has 0 aliphatic carbocycles. The number of ether oxygens (including phenoxy) is 2. The summed E-state index contributed by atoms with van der Waals surface area (Å²) in [5, 5.41) is 9.25. The third-order valence-corrected chi connectivity index (χ3v) is 3.54. The Balaban J connectivity index is 1.84. The molecule has 3 rings (SSSR count). The van der Waals surface area contributed by atoms with Crippen LogP contribution in [-0.2, 0) is 6.61 Å². The van der Waals surface area contributed by atoms with Gasteiger partial charge in [-0.1, -0.05) is 24.3 Å². The van der Waals surface area contributed by atoms with Crippen LogP contribution in [-0.4, -0.2) is 27.7 Å². The lowest BCUT2D eigenvalue weighted by Crippen LogP contribution is -2.07. The number of aromatic nitrogens is 2. The van der Waals surface area contributed by atoms with Crippen LogP contribution in [0, 0.1) is 0 Å². The van der Waals surface area contributed by atoms with E-state index in [1.54, 1.807) is 19.2 Å². The molecule has 24 heavy (non-hydrogen) atoms.